The van der Waals surface area contributed by atoms with Crippen LogP contribution in [0.5, 0.6) is 10.9 Å². The van der Waals surface area contributed by atoms with Gasteiger partial charge in [0.2, 0.25) is 0 Å². The van der Waals surface area contributed by atoms with Crippen LogP contribution < -0.4 is 4.74 Å². The maximum Gasteiger partial charge on any atom is 0.280 e. The number of hydrogen-bond donors (Lipinski definition) is 1. The van der Waals surface area contributed by atoms with Crippen LogP contribution in [0.15, 0.2) is 18.2 Å². The molecule has 90 valence electrons. The Labute approximate surface area is 109 Å². The van der Waals surface area contributed by atoms with E-state index in [9.17, 15) is 0 Å². The molecule has 0 fully saturated rings. The van der Waals surface area contributed by atoms with Crippen molar-refractivity contribution in [3.8, 4) is 10.9 Å². The Morgan fingerprint density at radius 2 is 2.18 bits per heavy atom. The number of aliphatic hydroxyl groups is 1. The van der Waals surface area contributed by atoms with E-state index < -0.39 is 0 Å². The quantitative estimate of drug-likeness (QED) is 0.924. The topological polar surface area (TPSA) is 42.4 Å². The van der Waals surface area contributed by atoms with Gasteiger partial charge in [0.25, 0.3) is 5.19 Å². The summed E-state index contributed by atoms with van der Waals surface area (Å²) >= 11 is 7.10. The van der Waals surface area contributed by atoms with Crippen molar-refractivity contribution >= 4 is 22.9 Å². The highest BCUT2D eigenvalue weighted by atomic mass is 35.5. The SMILES string of the molecule is Cc1cccc(Oc2nc(Cl)c(CO)s2)c1C. The van der Waals surface area contributed by atoms with Gasteiger partial charge in [0, 0.05) is 0 Å². The molecule has 0 atom stereocenters. The van der Waals surface area contributed by atoms with Gasteiger partial charge in [0.05, 0.1) is 11.5 Å². The fourth-order valence-corrected chi connectivity index (χ4v) is 2.36. The molecule has 0 aliphatic heterocycles. The van der Waals surface area contributed by atoms with Crippen molar-refractivity contribution in [1.82, 2.24) is 4.98 Å². The van der Waals surface area contributed by atoms with Crippen molar-refractivity contribution in [2.75, 3.05) is 0 Å². The van der Waals surface area contributed by atoms with E-state index >= 15 is 0 Å². The standard InChI is InChI=1S/C12H12ClNO2S/c1-7-4-3-5-9(8(7)2)16-12-14-11(13)10(6-15)17-12/h3-5,15H,6H2,1-2H3. The summed E-state index contributed by atoms with van der Waals surface area (Å²) in [5.74, 6) is 0.764. The Morgan fingerprint density at radius 3 is 2.82 bits per heavy atom. The molecule has 1 heterocycles. The molecule has 1 aromatic carbocycles. The maximum atomic E-state index is 9.03. The monoisotopic (exact) mass is 269 g/mol. The van der Waals surface area contributed by atoms with Gasteiger partial charge >= 0.3 is 0 Å². The molecule has 0 spiro atoms. The second-order valence-corrected chi connectivity index (χ2v) is 5.06. The summed E-state index contributed by atoms with van der Waals surface area (Å²) in [5, 5.41) is 9.78. The third-order valence-electron chi connectivity index (χ3n) is 2.53. The Kier molecular flexibility index (Phi) is 3.66. The van der Waals surface area contributed by atoms with Gasteiger partial charge in [-0.3, -0.25) is 0 Å². The molecular formula is C12H12ClNO2S. The fraction of sp³-hybridized carbons (Fsp3) is 0.250. The Balaban J connectivity index is 2.28. The number of benzene rings is 1. The van der Waals surface area contributed by atoms with Crippen molar-refractivity contribution in [3.63, 3.8) is 0 Å². The molecule has 2 aromatic rings. The highest BCUT2D eigenvalue weighted by Crippen LogP contribution is 2.33. The molecule has 0 unspecified atom stereocenters. The summed E-state index contributed by atoms with van der Waals surface area (Å²) in [4.78, 5) is 4.67. The minimum absolute atomic E-state index is 0.118. The van der Waals surface area contributed by atoms with Gasteiger partial charge in [-0.05, 0) is 31.0 Å². The zero-order valence-corrected chi connectivity index (χ0v) is 11.1. The number of thiazole rings is 1. The average molecular weight is 270 g/mol. The molecule has 17 heavy (non-hydrogen) atoms. The van der Waals surface area contributed by atoms with Crippen LogP contribution in [0.25, 0.3) is 0 Å². The van der Waals surface area contributed by atoms with Gasteiger partial charge in [0.15, 0.2) is 0 Å². The summed E-state index contributed by atoms with van der Waals surface area (Å²) in [6.07, 6.45) is 0. The van der Waals surface area contributed by atoms with Crippen LogP contribution in [0.2, 0.25) is 5.15 Å². The van der Waals surface area contributed by atoms with Crippen molar-refractivity contribution in [3.05, 3.63) is 39.4 Å². The summed E-state index contributed by atoms with van der Waals surface area (Å²) in [5.41, 5.74) is 2.23. The van der Waals surface area contributed by atoms with Crippen LogP contribution in [0.3, 0.4) is 0 Å². The zero-order chi connectivity index (χ0) is 12.4. The van der Waals surface area contributed by atoms with Crippen molar-refractivity contribution in [1.29, 1.82) is 0 Å². The van der Waals surface area contributed by atoms with Gasteiger partial charge in [-0.2, -0.15) is 4.98 Å². The van der Waals surface area contributed by atoms with Gasteiger partial charge in [0.1, 0.15) is 10.9 Å². The molecule has 1 aromatic heterocycles. The smallest absolute Gasteiger partial charge is 0.280 e. The predicted molar refractivity (Wildman–Crippen MR) is 69.0 cm³/mol. The number of hydrogen-bond acceptors (Lipinski definition) is 4. The van der Waals surface area contributed by atoms with E-state index in [1.807, 2.05) is 32.0 Å². The highest BCUT2D eigenvalue weighted by Gasteiger charge is 2.11. The van der Waals surface area contributed by atoms with Crippen LogP contribution in [-0.2, 0) is 6.61 Å². The number of ether oxygens (including phenoxy) is 1. The first kappa shape index (κ1) is 12.4. The summed E-state index contributed by atoms with van der Waals surface area (Å²) < 4.78 is 5.67. The Bertz CT molecular complexity index is 539. The lowest BCUT2D eigenvalue weighted by Gasteiger charge is -2.07. The van der Waals surface area contributed by atoms with E-state index in [-0.39, 0.29) is 6.61 Å². The molecule has 0 saturated carbocycles. The first-order valence-corrected chi connectivity index (χ1v) is 6.31. The first-order valence-electron chi connectivity index (χ1n) is 5.12. The Morgan fingerprint density at radius 1 is 1.41 bits per heavy atom. The lowest BCUT2D eigenvalue weighted by atomic mass is 10.1. The number of aryl methyl sites for hydroxylation is 1. The minimum Gasteiger partial charge on any atom is -0.431 e. The van der Waals surface area contributed by atoms with Crippen molar-refractivity contribution < 1.29 is 9.84 Å². The third-order valence-corrected chi connectivity index (χ3v) is 3.87. The van der Waals surface area contributed by atoms with E-state index in [1.165, 1.54) is 11.3 Å². The van der Waals surface area contributed by atoms with Crippen molar-refractivity contribution in [2.24, 2.45) is 0 Å². The molecule has 0 saturated heterocycles. The van der Waals surface area contributed by atoms with Crippen LogP contribution in [-0.4, -0.2) is 10.1 Å². The van der Waals surface area contributed by atoms with Gasteiger partial charge in [-0.15, -0.1) is 0 Å². The van der Waals surface area contributed by atoms with Gasteiger partial charge in [-0.25, -0.2) is 0 Å². The van der Waals surface area contributed by atoms with Gasteiger partial charge in [-0.1, -0.05) is 35.1 Å². The largest absolute Gasteiger partial charge is 0.431 e. The van der Waals surface area contributed by atoms with E-state index in [4.69, 9.17) is 21.4 Å². The highest BCUT2D eigenvalue weighted by molar-refractivity contribution is 7.13. The molecule has 0 amide bonds. The molecule has 3 nitrogen and oxygen atoms in total. The number of halogens is 1. The molecule has 2 rings (SSSR count). The average Bonchev–Trinajstić information content (AvgIpc) is 2.65. The van der Waals surface area contributed by atoms with E-state index in [0.717, 1.165) is 16.9 Å². The predicted octanol–water partition coefficient (Wildman–Crippen LogP) is 3.70. The zero-order valence-electron chi connectivity index (χ0n) is 9.53. The number of rotatable bonds is 3. The maximum absolute atomic E-state index is 9.03. The summed E-state index contributed by atoms with van der Waals surface area (Å²) in [6.45, 7) is 3.90. The fourth-order valence-electron chi connectivity index (χ4n) is 1.38. The molecule has 0 aliphatic carbocycles. The normalized spacial score (nSPS) is 10.6. The third kappa shape index (κ3) is 2.60. The summed E-state index contributed by atoms with van der Waals surface area (Å²) in [6, 6.07) is 5.84. The molecule has 5 heteroatoms. The molecule has 0 aliphatic rings. The van der Waals surface area contributed by atoms with Crippen LogP contribution in [0.1, 0.15) is 16.0 Å². The van der Waals surface area contributed by atoms with Gasteiger partial charge < -0.3 is 9.84 Å². The van der Waals surface area contributed by atoms with E-state index in [0.29, 0.717) is 15.2 Å². The van der Waals surface area contributed by atoms with E-state index in [2.05, 4.69) is 4.98 Å². The number of aliphatic hydroxyl groups excluding tert-OH is 1. The minimum atomic E-state index is -0.118. The molecule has 0 bridgehead atoms. The number of nitrogens with zero attached hydrogens (tertiary/aromatic N) is 1. The van der Waals surface area contributed by atoms with Crippen molar-refractivity contribution in [2.45, 2.75) is 20.5 Å². The van der Waals surface area contributed by atoms with Crippen LogP contribution in [0.4, 0.5) is 0 Å². The molecule has 0 radical (unpaired) electrons. The first-order chi connectivity index (χ1) is 8.11. The second kappa shape index (κ2) is 5.04. The Hall–Kier alpha value is -1.10. The van der Waals surface area contributed by atoms with E-state index in [1.54, 1.807) is 0 Å². The lowest BCUT2D eigenvalue weighted by Crippen LogP contribution is -1.88. The number of aromatic nitrogens is 1. The molecule has 1 N–H and O–H groups in total. The van der Waals surface area contributed by atoms with Crippen LogP contribution in [0, 0.1) is 13.8 Å². The lowest BCUT2D eigenvalue weighted by molar-refractivity contribution is 0.285. The molecular weight excluding hydrogens is 258 g/mol. The second-order valence-electron chi connectivity index (χ2n) is 3.65. The summed E-state index contributed by atoms with van der Waals surface area (Å²) in [7, 11) is 0. The van der Waals surface area contributed by atoms with Crippen LogP contribution >= 0.6 is 22.9 Å².